The number of nitrogens with zero attached hydrogens (tertiary/aromatic N) is 1. The van der Waals surface area contributed by atoms with Crippen LogP contribution < -0.4 is 4.90 Å². The van der Waals surface area contributed by atoms with E-state index in [9.17, 15) is 0 Å². The average Bonchev–Trinajstić information content (AvgIpc) is 2.64. The van der Waals surface area contributed by atoms with Gasteiger partial charge in [-0.25, -0.2) is 0 Å². The molecule has 122 valence electrons. The summed E-state index contributed by atoms with van der Waals surface area (Å²) in [5.74, 6) is 0.549. The Morgan fingerprint density at radius 2 is 1.17 bits per heavy atom. The van der Waals surface area contributed by atoms with Crippen LogP contribution in [0, 0.1) is 0 Å². The normalized spacial score (nSPS) is 10.8. The Morgan fingerprint density at radius 1 is 0.667 bits per heavy atom. The maximum atomic E-state index is 2.31. The summed E-state index contributed by atoms with van der Waals surface area (Å²) in [5.41, 5.74) is 6.29. The van der Waals surface area contributed by atoms with Crippen molar-refractivity contribution in [2.45, 2.75) is 33.1 Å². The second-order valence-corrected chi connectivity index (χ2v) is 6.44. The predicted molar refractivity (Wildman–Crippen MR) is 105 cm³/mol. The van der Waals surface area contributed by atoms with Crippen molar-refractivity contribution in [1.82, 2.24) is 0 Å². The van der Waals surface area contributed by atoms with Crippen molar-refractivity contribution < 1.29 is 0 Å². The molecule has 0 atom stereocenters. The summed E-state index contributed by atoms with van der Waals surface area (Å²) >= 11 is 0. The highest BCUT2D eigenvalue weighted by atomic mass is 15.1. The molecular formula is C23H25N. The molecular weight excluding hydrogens is 290 g/mol. The van der Waals surface area contributed by atoms with E-state index in [1.54, 1.807) is 0 Å². The number of para-hydroxylation sites is 1. The van der Waals surface area contributed by atoms with E-state index in [2.05, 4.69) is 105 Å². The molecule has 0 aliphatic carbocycles. The number of benzene rings is 3. The smallest absolute Gasteiger partial charge is 0.0461 e. The predicted octanol–water partition coefficient (Wildman–Crippen LogP) is 6.84. The Bertz CT molecular complexity index is 755. The van der Waals surface area contributed by atoms with Crippen molar-refractivity contribution >= 4 is 17.1 Å². The molecule has 3 rings (SSSR count). The monoisotopic (exact) mass is 315 g/mol. The zero-order valence-corrected chi connectivity index (χ0v) is 14.7. The van der Waals surface area contributed by atoms with Crippen LogP contribution in [0.15, 0.2) is 78.9 Å². The topological polar surface area (TPSA) is 3.24 Å². The van der Waals surface area contributed by atoms with Gasteiger partial charge in [0.2, 0.25) is 0 Å². The minimum absolute atomic E-state index is 0.549. The van der Waals surface area contributed by atoms with E-state index in [1.807, 2.05) is 0 Å². The molecule has 24 heavy (non-hydrogen) atoms. The minimum Gasteiger partial charge on any atom is -0.311 e. The summed E-state index contributed by atoms with van der Waals surface area (Å²) in [6.45, 7) is 6.65. The molecule has 0 bridgehead atoms. The number of aryl methyl sites for hydroxylation is 1. The SMILES string of the molecule is CCc1ccc(N(c2ccccc2)c2ccc(C(C)C)cc2)cc1. The van der Waals surface area contributed by atoms with Crippen LogP contribution in [0.4, 0.5) is 17.1 Å². The molecule has 0 heterocycles. The summed E-state index contributed by atoms with van der Waals surface area (Å²) < 4.78 is 0. The Kier molecular flexibility index (Phi) is 5.00. The molecule has 1 nitrogen and oxygen atoms in total. The summed E-state index contributed by atoms with van der Waals surface area (Å²) in [5, 5.41) is 0. The highest BCUT2D eigenvalue weighted by molar-refractivity contribution is 5.76. The van der Waals surface area contributed by atoms with Gasteiger partial charge in [-0.3, -0.25) is 0 Å². The largest absolute Gasteiger partial charge is 0.311 e. The first-order chi connectivity index (χ1) is 11.7. The van der Waals surface area contributed by atoms with Crippen LogP contribution >= 0.6 is 0 Å². The molecule has 0 aliphatic heterocycles. The number of anilines is 3. The van der Waals surface area contributed by atoms with E-state index < -0.39 is 0 Å². The highest BCUT2D eigenvalue weighted by Gasteiger charge is 2.12. The van der Waals surface area contributed by atoms with Gasteiger partial charge in [-0.2, -0.15) is 0 Å². The van der Waals surface area contributed by atoms with Crippen LogP contribution in [-0.4, -0.2) is 0 Å². The maximum Gasteiger partial charge on any atom is 0.0461 e. The molecule has 0 saturated carbocycles. The van der Waals surface area contributed by atoms with E-state index in [4.69, 9.17) is 0 Å². The summed E-state index contributed by atoms with van der Waals surface area (Å²) in [6, 6.07) is 28.3. The molecule has 0 aliphatic rings. The van der Waals surface area contributed by atoms with Gasteiger partial charge in [-0.1, -0.05) is 63.2 Å². The fraction of sp³-hybridized carbons (Fsp3) is 0.217. The highest BCUT2D eigenvalue weighted by Crippen LogP contribution is 2.34. The number of hydrogen-bond donors (Lipinski definition) is 0. The molecule has 0 aromatic heterocycles. The van der Waals surface area contributed by atoms with E-state index in [0.29, 0.717) is 5.92 Å². The average molecular weight is 315 g/mol. The van der Waals surface area contributed by atoms with Crippen molar-refractivity contribution in [2.24, 2.45) is 0 Å². The molecule has 3 aromatic rings. The van der Waals surface area contributed by atoms with Gasteiger partial charge < -0.3 is 4.90 Å². The summed E-state index contributed by atoms with van der Waals surface area (Å²) in [6.07, 6.45) is 1.06. The van der Waals surface area contributed by atoms with Gasteiger partial charge in [-0.05, 0) is 59.9 Å². The standard InChI is InChI=1S/C23H25N/c1-4-19-10-14-22(15-11-19)24(21-8-6-5-7-9-21)23-16-12-20(13-17-23)18(2)3/h5-18H,4H2,1-3H3. The Hall–Kier alpha value is -2.54. The van der Waals surface area contributed by atoms with Gasteiger partial charge in [0.15, 0.2) is 0 Å². The van der Waals surface area contributed by atoms with Gasteiger partial charge in [-0.15, -0.1) is 0 Å². The lowest BCUT2D eigenvalue weighted by Crippen LogP contribution is -2.10. The summed E-state index contributed by atoms with van der Waals surface area (Å²) in [7, 11) is 0. The number of rotatable bonds is 5. The Labute approximate surface area is 145 Å². The molecule has 0 unspecified atom stereocenters. The third-order valence-electron chi connectivity index (χ3n) is 4.44. The van der Waals surface area contributed by atoms with Crippen LogP contribution in [0.2, 0.25) is 0 Å². The fourth-order valence-corrected chi connectivity index (χ4v) is 2.91. The molecule has 0 spiro atoms. The first-order valence-electron chi connectivity index (χ1n) is 8.73. The van der Waals surface area contributed by atoms with Crippen LogP contribution in [0.5, 0.6) is 0 Å². The van der Waals surface area contributed by atoms with E-state index in [1.165, 1.54) is 28.2 Å². The third kappa shape index (κ3) is 3.51. The van der Waals surface area contributed by atoms with Crippen LogP contribution in [0.25, 0.3) is 0 Å². The zero-order chi connectivity index (χ0) is 16.9. The Morgan fingerprint density at radius 3 is 1.67 bits per heavy atom. The number of hydrogen-bond acceptors (Lipinski definition) is 1. The molecule has 0 radical (unpaired) electrons. The second-order valence-electron chi connectivity index (χ2n) is 6.44. The lowest BCUT2D eigenvalue weighted by Gasteiger charge is -2.26. The lowest BCUT2D eigenvalue weighted by atomic mass is 10.0. The van der Waals surface area contributed by atoms with Crippen molar-refractivity contribution in [3.8, 4) is 0 Å². The minimum atomic E-state index is 0.549. The van der Waals surface area contributed by atoms with Gasteiger partial charge in [0.05, 0.1) is 0 Å². The first kappa shape index (κ1) is 16.3. The van der Waals surface area contributed by atoms with Gasteiger partial charge >= 0.3 is 0 Å². The van der Waals surface area contributed by atoms with Gasteiger partial charge in [0.1, 0.15) is 0 Å². The fourth-order valence-electron chi connectivity index (χ4n) is 2.91. The summed E-state index contributed by atoms with van der Waals surface area (Å²) in [4.78, 5) is 2.31. The molecule has 0 amide bonds. The van der Waals surface area contributed by atoms with E-state index in [-0.39, 0.29) is 0 Å². The van der Waals surface area contributed by atoms with Gasteiger partial charge in [0.25, 0.3) is 0 Å². The molecule has 0 N–H and O–H groups in total. The van der Waals surface area contributed by atoms with Crippen LogP contribution in [0.1, 0.15) is 37.8 Å². The van der Waals surface area contributed by atoms with Crippen molar-refractivity contribution in [3.63, 3.8) is 0 Å². The first-order valence-corrected chi connectivity index (χ1v) is 8.73. The van der Waals surface area contributed by atoms with Gasteiger partial charge in [0, 0.05) is 17.1 Å². The van der Waals surface area contributed by atoms with Crippen molar-refractivity contribution in [1.29, 1.82) is 0 Å². The van der Waals surface area contributed by atoms with Crippen LogP contribution in [-0.2, 0) is 6.42 Å². The second kappa shape index (κ2) is 7.35. The Balaban J connectivity index is 2.04. The lowest BCUT2D eigenvalue weighted by molar-refractivity contribution is 0.866. The quantitative estimate of drug-likeness (QED) is 0.498. The molecule has 3 aromatic carbocycles. The van der Waals surface area contributed by atoms with Crippen molar-refractivity contribution in [2.75, 3.05) is 4.90 Å². The van der Waals surface area contributed by atoms with Crippen molar-refractivity contribution in [3.05, 3.63) is 90.0 Å². The zero-order valence-electron chi connectivity index (χ0n) is 14.7. The van der Waals surface area contributed by atoms with E-state index in [0.717, 1.165) is 6.42 Å². The molecule has 1 heteroatoms. The third-order valence-corrected chi connectivity index (χ3v) is 4.44. The van der Waals surface area contributed by atoms with Crippen LogP contribution in [0.3, 0.4) is 0 Å². The van der Waals surface area contributed by atoms with E-state index >= 15 is 0 Å². The molecule has 0 fully saturated rings. The molecule has 0 saturated heterocycles. The maximum absolute atomic E-state index is 2.31.